The van der Waals surface area contributed by atoms with E-state index >= 15 is 0 Å². The number of hydrogen-bond donors (Lipinski definition) is 1. The fourth-order valence-electron chi connectivity index (χ4n) is 2.83. The van der Waals surface area contributed by atoms with E-state index in [1.165, 1.54) is 0 Å². The normalized spacial score (nSPS) is 15.0. The Morgan fingerprint density at radius 2 is 1.85 bits per heavy atom. The smallest absolute Gasteiger partial charge is 0.246 e. The summed E-state index contributed by atoms with van der Waals surface area (Å²) < 4.78 is 5.44. The van der Waals surface area contributed by atoms with Gasteiger partial charge in [0.05, 0.1) is 6.61 Å². The van der Waals surface area contributed by atoms with Crippen molar-refractivity contribution in [3.63, 3.8) is 0 Å². The van der Waals surface area contributed by atoms with Crippen molar-refractivity contribution in [3.8, 4) is 0 Å². The number of pyridine rings is 1. The van der Waals surface area contributed by atoms with Crippen molar-refractivity contribution < 1.29 is 9.53 Å². The van der Waals surface area contributed by atoms with Crippen molar-refractivity contribution in [2.24, 2.45) is 0 Å². The van der Waals surface area contributed by atoms with Crippen molar-refractivity contribution in [1.82, 2.24) is 15.2 Å². The fraction of sp³-hybridized carbons (Fsp3) is 0.400. The highest BCUT2D eigenvalue weighted by atomic mass is 16.5. The molecule has 0 radical (unpaired) electrons. The molecule has 138 valence electrons. The van der Waals surface area contributed by atoms with Crippen LogP contribution in [0.5, 0.6) is 0 Å². The lowest BCUT2D eigenvalue weighted by molar-refractivity contribution is -0.126. The highest BCUT2D eigenvalue weighted by molar-refractivity contribution is 5.77. The maximum atomic E-state index is 11.9. The van der Waals surface area contributed by atoms with Crippen LogP contribution in [0.25, 0.3) is 0 Å². The van der Waals surface area contributed by atoms with Crippen LogP contribution in [-0.2, 0) is 22.7 Å². The Bertz CT molecular complexity index is 683. The van der Waals surface area contributed by atoms with Crippen molar-refractivity contribution in [2.75, 3.05) is 44.7 Å². The first kappa shape index (κ1) is 18.4. The zero-order valence-corrected chi connectivity index (χ0v) is 15.2. The number of carbonyl (C=O) groups is 1. The van der Waals surface area contributed by atoms with E-state index in [4.69, 9.17) is 4.74 Å². The molecule has 1 saturated heterocycles. The van der Waals surface area contributed by atoms with Gasteiger partial charge >= 0.3 is 0 Å². The van der Waals surface area contributed by atoms with Crippen LogP contribution in [0.4, 0.5) is 5.82 Å². The van der Waals surface area contributed by atoms with E-state index in [1.54, 1.807) is 0 Å². The second-order valence-electron chi connectivity index (χ2n) is 6.57. The molecule has 6 heteroatoms. The predicted molar refractivity (Wildman–Crippen MR) is 102 cm³/mol. The Hall–Kier alpha value is -2.44. The number of benzene rings is 1. The molecule has 1 aromatic carbocycles. The van der Waals surface area contributed by atoms with Crippen LogP contribution < -0.4 is 10.2 Å². The second-order valence-corrected chi connectivity index (χ2v) is 6.57. The molecule has 0 saturated carbocycles. The average molecular weight is 354 g/mol. The lowest BCUT2D eigenvalue weighted by Crippen LogP contribution is -2.44. The van der Waals surface area contributed by atoms with Gasteiger partial charge in [0.15, 0.2) is 0 Å². The number of likely N-dealkylation sites (N-methyl/N-ethyl adjacent to an activating group) is 1. The quantitative estimate of drug-likeness (QED) is 0.820. The van der Waals surface area contributed by atoms with Gasteiger partial charge in [-0.3, -0.25) is 4.79 Å². The van der Waals surface area contributed by atoms with Crippen LogP contribution >= 0.6 is 0 Å². The number of hydrogen-bond acceptors (Lipinski definition) is 5. The molecule has 1 fully saturated rings. The van der Waals surface area contributed by atoms with E-state index in [1.807, 2.05) is 48.7 Å². The summed E-state index contributed by atoms with van der Waals surface area (Å²) in [4.78, 5) is 21.0. The van der Waals surface area contributed by atoms with E-state index < -0.39 is 0 Å². The number of ether oxygens (including phenoxy) is 1. The van der Waals surface area contributed by atoms with E-state index in [0.29, 0.717) is 13.2 Å². The summed E-state index contributed by atoms with van der Waals surface area (Å²) in [5.41, 5.74) is 2.04. The molecule has 0 aliphatic carbocycles. The summed E-state index contributed by atoms with van der Waals surface area (Å²) in [7, 11) is 2.14. The number of piperazine rings is 1. The first-order valence-electron chi connectivity index (χ1n) is 8.97. The molecule has 1 aliphatic rings. The summed E-state index contributed by atoms with van der Waals surface area (Å²) in [5, 5.41) is 2.87. The van der Waals surface area contributed by atoms with E-state index in [2.05, 4.69) is 27.1 Å². The molecule has 0 spiro atoms. The largest absolute Gasteiger partial charge is 0.367 e. The summed E-state index contributed by atoms with van der Waals surface area (Å²) in [6.07, 6.45) is 1.83. The zero-order chi connectivity index (χ0) is 18.2. The molecule has 2 aromatic rings. The predicted octanol–water partition coefficient (Wildman–Crippen LogP) is 1.67. The highest BCUT2D eigenvalue weighted by Gasteiger charge is 2.14. The van der Waals surface area contributed by atoms with Gasteiger partial charge in [0.1, 0.15) is 12.4 Å². The molecular weight excluding hydrogens is 328 g/mol. The Morgan fingerprint density at radius 3 is 2.54 bits per heavy atom. The third kappa shape index (κ3) is 5.54. The highest BCUT2D eigenvalue weighted by Crippen LogP contribution is 2.13. The fourth-order valence-corrected chi connectivity index (χ4v) is 2.83. The molecule has 0 unspecified atom stereocenters. The van der Waals surface area contributed by atoms with E-state index in [9.17, 15) is 4.79 Å². The molecule has 0 atom stereocenters. The minimum atomic E-state index is -0.121. The summed E-state index contributed by atoms with van der Waals surface area (Å²) >= 11 is 0. The zero-order valence-electron chi connectivity index (χ0n) is 15.2. The first-order chi connectivity index (χ1) is 12.7. The van der Waals surface area contributed by atoms with E-state index in [-0.39, 0.29) is 12.5 Å². The molecule has 0 bridgehead atoms. The molecule has 1 aliphatic heterocycles. The van der Waals surface area contributed by atoms with Crippen molar-refractivity contribution >= 4 is 11.7 Å². The molecule has 1 aromatic heterocycles. The monoisotopic (exact) mass is 354 g/mol. The second kappa shape index (κ2) is 9.31. The van der Waals surface area contributed by atoms with Crippen LogP contribution in [0.15, 0.2) is 48.7 Å². The topological polar surface area (TPSA) is 57.7 Å². The number of aromatic nitrogens is 1. The van der Waals surface area contributed by atoms with Gasteiger partial charge in [-0.1, -0.05) is 36.4 Å². The molecule has 3 rings (SSSR count). The molecule has 2 heterocycles. The van der Waals surface area contributed by atoms with Crippen LogP contribution in [0.1, 0.15) is 11.1 Å². The third-order valence-corrected chi connectivity index (χ3v) is 4.47. The van der Waals surface area contributed by atoms with Gasteiger partial charge in [-0.2, -0.15) is 0 Å². The van der Waals surface area contributed by atoms with Gasteiger partial charge in [0, 0.05) is 38.9 Å². The molecule has 1 N–H and O–H groups in total. The number of nitrogens with zero attached hydrogens (tertiary/aromatic N) is 3. The Balaban J connectivity index is 1.38. The van der Waals surface area contributed by atoms with E-state index in [0.717, 1.165) is 43.1 Å². The maximum absolute atomic E-state index is 11.9. The van der Waals surface area contributed by atoms with Gasteiger partial charge < -0.3 is 19.9 Å². The minimum absolute atomic E-state index is 0.0572. The average Bonchev–Trinajstić information content (AvgIpc) is 2.68. The number of anilines is 1. The Morgan fingerprint density at radius 1 is 1.08 bits per heavy atom. The minimum Gasteiger partial charge on any atom is -0.367 e. The van der Waals surface area contributed by atoms with Crippen molar-refractivity contribution in [2.45, 2.75) is 13.2 Å². The number of carbonyl (C=O) groups excluding carboxylic acids is 1. The number of nitrogens with one attached hydrogen (secondary N) is 1. The van der Waals surface area contributed by atoms with Crippen LogP contribution in [0, 0.1) is 0 Å². The summed E-state index contributed by atoms with van der Waals surface area (Å²) in [6, 6.07) is 13.9. The van der Waals surface area contributed by atoms with Crippen molar-refractivity contribution in [1.29, 1.82) is 0 Å². The number of amides is 1. The first-order valence-corrected chi connectivity index (χ1v) is 8.97. The van der Waals surface area contributed by atoms with Gasteiger partial charge in [-0.15, -0.1) is 0 Å². The van der Waals surface area contributed by atoms with Crippen LogP contribution in [-0.4, -0.2) is 55.6 Å². The Kier molecular flexibility index (Phi) is 6.57. The lowest BCUT2D eigenvalue weighted by Gasteiger charge is -2.33. The van der Waals surface area contributed by atoms with Gasteiger partial charge in [0.2, 0.25) is 5.91 Å². The van der Waals surface area contributed by atoms with Gasteiger partial charge in [-0.25, -0.2) is 4.98 Å². The van der Waals surface area contributed by atoms with Crippen molar-refractivity contribution in [3.05, 3.63) is 59.8 Å². The Labute approximate surface area is 154 Å². The number of rotatable bonds is 7. The molecule has 6 nitrogen and oxygen atoms in total. The molecule has 26 heavy (non-hydrogen) atoms. The van der Waals surface area contributed by atoms with Crippen LogP contribution in [0.2, 0.25) is 0 Å². The SMILES string of the molecule is CN1CCN(c2ccc(CNC(=O)COCc3ccccc3)cn2)CC1. The third-order valence-electron chi connectivity index (χ3n) is 4.47. The molecule has 1 amide bonds. The summed E-state index contributed by atoms with van der Waals surface area (Å²) in [6.45, 7) is 5.07. The van der Waals surface area contributed by atoms with Gasteiger partial charge in [0.25, 0.3) is 0 Å². The lowest BCUT2D eigenvalue weighted by atomic mass is 10.2. The van der Waals surface area contributed by atoms with Gasteiger partial charge in [-0.05, 0) is 24.2 Å². The maximum Gasteiger partial charge on any atom is 0.246 e. The molecular formula is C20H26N4O2. The van der Waals surface area contributed by atoms with Crippen LogP contribution in [0.3, 0.4) is 0 Å². The standard InChI is InChI=1S/C20H26N4O2/c1-23-9-11-24(12-10-23)19-8-7-18(13-21-19)14-22-20(25)16-26-15-17-5-3-2-4-6-17/h2-8,13H,9-12,14-16H2,1H3,(H,22,25). The summed E-state index contributed by atoms with van der Waals surface area (Å²) in [5.74, 6) is 0.878.